The van der Waals surface area contributed by atoms with Crippen LogP contribution >= 0.6 is 11.8 Å². The smallest absolute Gasteiger partial charge is 0.313 e. The predicted octanol–water partition coefficient (Wildman–Crippen LogP) is 3.84. The number of aromatic nitrogens is 3. The number of aromatic amines is 1. The average molecular weight is 398 g/mol. The number of aryl methyl sites for hydroxylation is 1. The minimum Gasteiger partial charge on any atom is -0.481 e. The number of carbonyl (C=O) groups is 1. The van der Waals surface area contributed by atoms with Crippen LogP contribution in [0.5, 0.6) is 0 Å². The van der Waals surface area contributed by atoms with Gasteiger partial charge in [-0.3, -0.25) is 9.89 Å². The number of aliphatic carboxylic acids is 1. The molecule has 1 aromatic carbocycles. The lowest BCUT2D eigenvalue weighted by Crippen LogP contribution is -2.17. The number of hydrogen-bond acceptors (Lipinski definition) is 6. The fraction of sp³-hybridized carbons (Fsp3) is 0.250. The van der Waals surface area contributed by atoms with Crippen molar-refractivity contribution in [2.24, 2.45) is 0 Å². The number of benzene rings is 1. The van der Waals surface area contributed by atoms with E-state index in [9.17, 15) is 4.79 Å². The molecule has 0 saturated heterocycles. The topological polar surface area (TPSA) is 104 Å². The second-order valence-corrected chi connectivity index (χ2v) is 7.26. The van der Waals surface area contributed by atoms with Crippen molar-refractivity contribution in [3.8, 4) is 22.9 Å². The molecule has 2 aromatic heterocycles. The molecule has 7 nitrogen and oxygen atoms in total. The summed E-state index contributed by atoms with van der Waals surface area (Å²) < 4.78 is 5.94. The quantitative estimate of drug-likeness (QED) is 0.495. The molecular weight excluding hydrogens is 376 g/mol. The number of carboxylic acids is 1. The van der Waals surface area contributed by atoms with Gasteiger partial charge in [0.15, 0.2) is 11.6 Å². The molecule has 0 bridgehead atoms. The van der Waals surface area contributed by atoms with Gasteiger partial charge >= 0.3 is 5.97 Å². The highest BCUT2D eigenvalue weighted by molar-refractivity contribution is 7.99. The lowest BCUT2D eigenvalue weighted by Gasteiger charge is -2.06. The van der Waals surface area contributed by atoms with Crippen LogP contribution in [0.25, 0.3) is 29.0 Å². The summed E-state index contributed by atoms with van der Waals surface area (Å²) in [4.78, 5) is 14.9. The third-order valence-electron chi connectivity index (χ3n) is 4.21. The summed E-state index contributed by atoms with van der Waals surface area (Å²) in [5, 5.41) is 19.1. The molecule has 1 unspecified atom stereocenters. The molecule has 28 heavy (non-hydrogen) atoms. The van der Waals surface area contributed by atoms with Crippen LogP contribution < -0.4 is 5.32 Å². The van der Waals surface area contributed by atoms with Gasteiger partial charge in [0, 0.05) is 11.6 Å². The van der Waals surface area contributed by atoms with Crippen molar-refractivity contribution in [1.29, 1.82) is 0 Å². The van der Waals surface area contributed by atoms with Crippen LogP contribution in [0, 0.1) is 6.92 Å². The average Bonchev–Trinajstić information content (AvgIpc) is 3.34. The fourth-order valence-corrected chi connectivity index (χ4v) is 3.00. The van der Waals surface area contributed by atoms with Crippen LogP contribution in [0.2, 0.25) is 0 Å². The van der Waals surface area contributed by atoms with Crippen LogP contribution in [0.4, 0.5) is 0 Å². The standard InChI is InChI=1S/C20H22N4O3S/c1-12-4-6-15(10-14(12)7-5-13(2)21-3)16-8-9-17(27-16)19-22-20(24-23-19)28-11-18(25)26/h4-10,13,21H,11H2,1-3H3,(H,25,26)(H,22,23,24). The van der Waals surface area contributed by atoms with E-state index in [1.54, 1.807) is 0 Å². The summed E-state index contributed by atoms with van der Waals surface area (Å²) in [5.74, 6) is 0.736. The highest BCUT2D eigenvalue weighted by Gasteiger charge is 2.13. The largest absolute Gasteiger partial charge is 0.481 e. The molecule has 0 amide bonds. The van der Waals surface area contributed by atoms with E-state index in [0.29, 0.717) is 16.7 Å². The number of furan rings is 1. The van der Waals surface area contributed by atoms with Crippen molar-refractivity contribution < 1.29 is 14.3 Å². The van der Waals surface area contributed by atoms with Crippen LogP contribution in [0.15, 0.2) is 46.0 Å². The number of hydrogen-bond donors (Lipinski definition) is 3. The maximum atomic E-state index is 10.6. The number of rotatable bonds is 8. The number of nitrogens with one attached hydrogen (secondary N) is 2. The molecular formula is C20H22N4O3S. The Bertz CT molecular complexity index is 993. The molecule has 3 rings (SSSR count). The molecule has 0 aliphatic heterocycles. The highest BCUT2D eigenvalue weighted by Crippen LogP contribution is 2.29. The molecule has 0 spiro atoms. The molecule has 0 radical (unpaired) electrons. The zero-order chi connectivity index (χ0) is 20.1. The van der Waals surface area contributed by atoms with E-state index < -0.39 is 5.97 Å². The van der Waals surface area contributed by atoms with Crippen molar-refractivity contribution in [1.82, 2.24) is 20.5 Å². The molecule has 2 heterocycles. The molecule has 0 saturated carbocycles. The summed E-state index contributed by atoms with van der Waals surface area (Å²) in [6.45, 7) is 4.17. The van der Waals surface area contributed by atoms with Gasteiger partial charge in [-0.1, -0.05) is 36.0 Å². The molecule has 0 fully saturated rings. The Morgan fingerprint density at radius 1 is 1.36 bits per heavy atom. The Hall–Kier alpha value is -2.84. The van der Waals surface area contributed by atoms with E-state index in [0.717, 1.165) is 28.6 Å². The summed E-state index contributed by atoms with van der Waals surface area (Å²) in [6.07, 6.45) is 4.22. The highest BCUT2D eigenvalue weighted by atomic mass is 32.2. The van der Waals surface area contributed by atoms with Gasteiger partial charge in [-0.25, -0.2) is 0 Å². The van der Waals surface area contributed by atoms with E-state index in [-0.39, 0.29) is 11.8 Å². The SMILES string of the molecule is CNC(C)C=Cc1cc(-c2ccc(-c3nc(SCC(=O)O)n[nH]3)o2)ccc1C. The Labute approximate surface area is 167 Å². The third kappa shape index (κ3) is 4.90. The van der Waals surface area contributed by atoms with Crippen molar-refractivity contribution in [2.75, 3.05) is 12.8 Å². The molecule has 0 aliphatic rings. The van der Waals surface area contributed by atoms with Gasteiger partial charge in [0.2, 0.25) is 5.16 Å². The van der Waals surface area contributed by atoms with Crippen LogP contribution in [-0.4, -0.2) is 45.1 Å². The van der Waals surface area contributed by atoms with Gasteiger partial charge in [-0.2, -0.15) is 4.98 Å². The first-order valence-corrected chi connectivity index (χ1v) is 9.78. The molecule has 1 atom stereocenters. The second kappa shape index (κ2) is 8.90. The monoisotopic (exact) mass is 398 g/mol. The minimum absolute atomic E-state index is 0.0907. The maximum Gasteiger partial charge on any atom is 0.313 e. The van der Waals surface area contributed by atoms with Gasteiger partial charge in [-0.05, 0) is 50.2 Å². The first-order valence-electron chi connectivity index (χ1n) is 8.80. The Morgan fingerprint density at radius 3 is 2.89 bits per heavy atom. The van der Waals surface area contributed by atoms with Crippen LogP contribution in [0.3, 0.4) is 0 Å². The lowest BCUT2D eigenvalue weighted by atomic mass is 10.0. The lowest BCUT2D eigenvalue weighted by molar-refractivity contribution is -0.133. The van der Waals surface area contributed by atoms with Crippen molar-refractivity contribution in [2.45, 2.75) is 25.0 Å². The van der Waals surface area contributed by atoms with Gasteiger partial charge in [-0.15, -0.1) is 5.10 Å². The number of thioether (sulfide) groups is 1. The van der Waals surface area contributed by atoms with Gasteiger partial charge < -0.3 is 14.8 Å². The zero-order valence-corrected chi connectivity index (χ0v) is 16.7. The number of H-pyrrole nitrogens is 1. The molecule has 3 N–H and O–H groups in total. The van der Waals surface area contributed by atoms with Crippen LogP contribution in [0.1, 0.15) is 18.1 Å². The van der Waals surface area contributed by atoms with Crippen molar-refractivity contribution in [3.05, 3.63) is 47.5 Å². The summed E-state index contributed by atoms with van der Waals surface area (Å²) >= 11 is 1.05. The Balaban J connectivity index is 1.80. The first kappa shape index (κ1) is 19.9. The maximum absolute atomic E-state index is 10.6. The molecule has 8 heteroatoms. The normalized spacial score (nSPS) is 12.5. The van der Waals surface area contributed by atoms with Gasteiger partial charge in [0.25, 0.3) is 0 Å². The van der Waals surface area contributed by atoms with Gasteiger partial charge in [0.1, 0.15) is 5.76 Å². The molecule has 146 valence electrons. The predicted molar refractivity (Wildman–Crippen MR) is 110 cm³/mol. The summed E-state index contributed by atoms with van der Waals surface area (Å²) in [6, 6.07) is 10.2. The first-order chi connectivity index (χ1) is 13.5. The van der Waals surface area contributed by atoms with Gasteiger partial charge in [0.05, 0.1) is 5.75 Å². The minimum atomic E-state index is -0.912. The van der Waals surface area contributed by atoms with Crippen molar-refractivity contribution in [3.63, 3.8) is 0 Å². The van der Waals surface area contributed by atoms with Crippen molar-refractivity contribution >= 4 is 23.8 Å². The fourth-order valence-electron chi connectivity index (χ4n) is 2.49. The molecule has 0 aliphatic carbocycles. The Morgan fingerprint density at radius 2 is 2.14 bits per heavy atom. The van der Waals surface area contributed by atoms with E-state index in [2.05, 4.69) is 58.6 Å². The van der Waals surface area contributed by atoms with E-state index in [4.69, 9.17) is 9.52 Å². The second-order valence-electron chi connectivity index (χ2n) is 6.32. The zero-order valence-electron chi connectivity index (χ0n) is 15.9. The number of nitrogens with zero attached hydrogens (tertiary/aromatic N) is 2. The number of carboxylic acid groups (broad SMARTS) is 1. The Kier molecular flexibility index (Phi) is 6.33. The summed E-state index contributed by atoms with van der Waals surface area (Å²) in [5.41, 5.74) is 3.28. The van der Waals surface area contributed by atoms with E-state index >= 15 is 0 Å². The third-order valence-corrected chi connectivity index (χ3v) is 5.04. The summed E-state index contributed by atoms with van der Waals surface area (Å²) in [7, 11) is 1.93. The number of likely N-dealkylation sites (N-methyl/N-ethyl adjacent to an activating group) is 1. The van der Waals surface area contributed by atoms with E-state index in [1.807, 2.05) is 25.2 Å². The molecule has 3 aromatic rings. The van der Waals surface area contributed by atoms with Crippen LogP contribution in [-0.2, 0) is 4.79 Å². The van der Waals surface area contributed by atoms with E-state index in [1.165, 1.54) is 5.56 Å².